The molecule has 11 nitrogen and oxygen atoms in total. The Balaban J connectivity index is 1.09. The third-order valence-corrected chi connectivity index (χ3v) is 10.9. The van der Waals surface area contributed by atoms with Crippen LogP contribution in [0.25, 0.3) is 11.1 Å². The maximum Gasteiger partial charge on any atom is 0.407 e. The molecule has 0 saturated carbocycles. The van der Waals surface area contributed by atoms with Crippen molar-refractivity contribution < 1.29 is 32.6 Å². The monoisotopic (exact) mass is 696 g/mol. The highest BCUT2D eigenvalue weighted by atomic mass is 32.2. The predicted molar refractivity (Wildman–Crippen MR) is 191 cm³/mol. The van der Waals surface area contributed by atoms with Crippen molar-refractivity contribution in [3.05, 3.63) is 112 Å². The zero-order chi connectivity index (χ0) is 36.0. The molecule has 0 spiro atoms. The first-order valence-electron chi connectivity index (χ1n) is 16.3. The summed E-state index contributed by atoms with van der Waals surface area (Å²) in [6.45, 7) is 9.31. The SMILES string of the molecule is Cc1c(C)c(S(=O)(=O)/N=C(\N)Nc2ccc(CC(NC(=O)OCC3c4ccccc4-c4ccccc43)C(=O)O)cc2)c(C)c2c1OC(C)(C)C2. The van der Waals surface area contributed by atoms with Crippen molar-refractivity contribution in [1.29, 1.82) is 0 Å². The number of sulfonamides is 1. The van der Waals surface area contributed by atoms with Crippen molar-refractivity contribution in [2.24, 2.45) is 10.1 Å². The number of carbonyl (C=O) groups excluding carboxylic acids is 1. The highest BCUT2D eigenvalue weighted by Crippen LogP contribution is 2.45. The summed E-state index contributed by atoms with van der Waals surface area (Å²) in [5.41, 5.74) is 13.7. The van der Waals surface area contributed by atoms with Crippen LogP contribution in [-0.4, -0.2) is 49.8 Å². The Kier molecular flexibility index (Phi) is 9.08. The first kappa shape index (κ1) is 34.5. The van der Waals surface area contributed by atoms with Gasteiger partial charge in [0.2, 0.25) is 5.96 Å². The minimum atomic E-state index is -4.18. The van der Waals surface area contributed by atoms with Crippen LogP contribution in [0.3, 0.4) is 0 Å². The lowest BCUT2D eigenvalue weighted by Crippen LogP contribution is -2.42. The second-order valence-corrected chi connectivity index (χ2v) is 14.9. The zero-order valence-corrected chi connectivity index (χ0v) is 29.4. The van der Waals surface area contributed by atoms with Crippen LogP contribution < -0.4 is 21.1 Å². The standard InChI is InChI=1S/C38H40N4O7S/c1-21-22(2)34(23(3)30-19-38(4,5)49-33(21)30)50(46,47)42-36(39)40-25-16-14-24(15-17-25)18-32(35(43)44)41-37(45)48-20-31-28-12-8-6-10-26(28)27-11-7-9-13-29(27)31/h6-17,31-32H,18-20H2,1-5H3,(H,41,45)(H,43,44)(H3,39,40,42). The normalized spacial score (nSPS) is 15.3. The zero-order valence-electron chi connectivity index (χ0n) is 28.5. The molecule has 4 aromatic carbocycles. The molecular formula is C38H40N4O7S. The van der Waals surface area contributed by atoms with Gasteiger partial charge >= 0.3 is 12.1 Å². The number of nitrogens with two attached hydrogens (primary N) is 1. The van der Waals surface area contributed by atoms with Gasteiger partial charge in [-0.25, -0.2) is 9.59 Å². The molecule has 1 aliphatic carbocycles. The number of fused-ring (bicyclic) bond motifs is 4. The van der Waals surface area contributed by atoms with Crippen molar-refractivity contribution in [2.75, 3.05) is 11.9 Å². The van der Waals surface area contributed by atoms with Crippen LogP contribution >= 0.6 is 0 Å². The molecule has 0 saturated heterocycles. The van der Waals surface area contributed by atoms with E-state index in [1.54, 1.807) is 38.1 Å². The number of benzene rings is 4. The fraction of sp³-hybridized carbons (Fsp3) is 0.289. The number of aliphatic carboxylic acids is 1. The second kappa shape index (κ2) is 13.2. The van der Waals surface area contributed by atoms with Gasteiger partial charge < -0.3 is 30.9 Å². The number of carboxylic acid groups (broad SMARTS) is 1. The van der Waals surface area contributed by atoms with E-state index in [0.29, 0.717) is 28.8 Å². The number of hydrogen-bond acceptors (Lipinski definition) is 6. The lowest BCUT2D eigenvalue weighted by Gasteiger charge is -2.18. The van der Waals surface area contributed by atoms with Crippen LogP contribution in [0, 0.1) is 20.8 Å². The van der Waals surface area contributed by atoms with Gasteiger partial charge in [-0.2, -0.15) is 8.42 Å². The predicted octanol–water partition coefficient (Wildman–Crippen LogP) is 5.98. The van der Waals surface area contributed by atoms with Crippen molar-refractivity contribution in [3.63, 3.8) is 0 Å². The Morgan fingerprint density at radius 2 is 1.56 bits per heavy atom. The van der Waals surface area contributed by atoms with E-state index >= 15 is 0 Å². The number of nitrogens with one attached hydrogen (secondary N) is 2. The first-order valence-corrected chi connectivity index (χ1v) is 17.7. The van der Waals surface area contributed by atoms with Crippen molar-refractivity contribution in [3.8, 4) is 16.9 Å². The van der Waals surface area contributed by atoms with E-state index in [1.165, 1.54) is 0 Å². The molecule has 0 radical (unpaired) electrons. The lowest BCUT2D eigenvalue weighted by molar-refractivity contribution is -0.139. The van der Waals surface area contributed by atoms with E-state index in [9.17, 15) is 23.1 Å². The minimum absolute atomic E-state index is 0.0193. The summed E-state index contributed by atoms with van der Waals surface area (Å²) in [5.74, 6) is -0.982. The number of guanidine groups is 1. The molecule has 260 valence electrons. The third kappa shape index (κ3) is 6.75. The Morgan fingerprint density at radius 1 is 0.960 bits per heavy atom. The molecule has 0 bridgehead atoms. The van der Waals surface area contributed by atoms with Crippen LogP contribution in [0.15, 0.2) is 82.1 Å². The summed E-state index contributed by atoms with van der Waals surface area (Å²) < 4.78 is 42.5. The number of hydrogen-bond donors (Lipinski definition) is 4. The molecule has 1 unspecified atom stereocenters. The van der Waals surface area contributed by atoms with Gasteiger partial charge in [0.1, 0.15) is 24.0 Å². The van der Waals surface area contributed by atoms with Crippen molar-refractivity contribution >= 4 is 33.7 Å². The van der Waals surface area contributed by atoms with Gasteiger partial charge in [-0.15, -0.1) is 4.40 Å². The highest BCUT2D eigenvalue weighted by molar-refractivity contribution is 7.90. The molecule has 2 aliphatic rings. The molecule has 12 heteroatoms. The summed E-state index contributed by atoms with van der Waals surface area (Å²) >= 11 is 0. The van der Waals surface area contributed by atoms with Crippen LogP contribution in [0.2, 0.25) is 0 Å². The third-order valence-electron chi connectivity index (χ3n) is 9.37. The van der Waals surface area contributed by atoms with E-state index in [1.807, 2.05) is 69.3 Å². The number of rotatable bonds is 9. The maximum absolute atomic E-state index is 13.5. The Labute approximate surface area is 291 Å². The molecule has 5 N–H and O–H groups in total. The van der Waals surface area contributed by atoms with Gasteiger partial charge in [0.15, 0.2) is 0 Å². The summed E-state index contributed by atoms with van der Waals surface area (Å²) in [6.07, 6.45) is -0.275. The molecule has 4 aromatic rings. The molecule has 0 fully saturated rings. The van der Waals surface area contributed by atoms with Gasteiger partial charge in [-0.05, 0) is 91.3 Å². The van der Waals surface area contributed by atoms with E-state index in [-0.39, 0.29) is 29.8 Å². The number of nitrogens with zero attached hydrogens (tertiary/aromatic N) is 1. The Bertz CT molecular complexity index is 2100. The van der Waals surface area contributed by atoms with E-state index in [2.05, 4.69) is 15.0 Å². The Hall–Kier alpha value is -5.36. The first-order chi connectivity index (χ1) is 23.6. The van der Waals surface area contributed by atoms with E-state index in [4.69, 9.17) is 15.2 Å². The molecule has 0 aromatic heterocycles. The quantitative estimate of drug-likeness (QED) is 0.122. The minimum Gasteiger partial charge on any atom is -0.487 e. The topological polar surface area (TPSA) is 169 Å². The van der Waals surface area contributed by atoms with Gasteiger partial charge in [0.25, 0.3) is 10.0 Å². The van der Waals surface area contributed by atoms with Gasteiger partial charge in [0, 0.05) is 30.0 Å². The van der Waals surface area contributed by atoms with Crippen LogP contribution in [-0.2, 0) is 32.4 Å². The Morgan fingerprint density at radius 3 is 2.16 bits per heavy atom. The highest BCUT2D eigenvalue weighted by Gasteiger charge is 2.37. The van der Waals surface area contributed by atoms with Gasteiger partial charge in [-0.3, -0.25) is 0 Å². The molecule has 1 atom stereocenters. The van der Waals surface area contributed by atoms with Gasteiger partial charge in [0.05, 0.1) is 4.90 Å². The van der Waals surface area contributed by atoms with Gasteiger partial charge in [-0.1, -0.05) is 60.7 Å². The largest absolute Gasteiger partial charge is 0.487 e. The molecule has 1 amide bonds. The lowest BCUT2D eigenvalue weighted by atomic mass is 9.94. The van der Waals surface area contributed by atoms with Crippen molar-refractivity contribution in [1.82, 2.24) is 5.32 Å². The van der Waals surface area contributed by atoms with Crippen LogP contribution in [0.5, 0.6) is 5.75 Å². The number of alkyl carbamates (subject to hydrolysis) is 1. The molecular weight excluding hydrogens is 657 g/mol. The summed E-state index contributed by atoms with van der Waals surface area (Å²) in [4.78, 5) is 25.0. The number of anilines is 1. The summed E-state index contributed by atoms with van der Waals surface area (Å²) in [7, 11) is -4.18. The maximum atomic E-state index is 13.5. The van der Waals surface area contributed by atoms with E-state index in [0.717, 1.165) is 39.1 Å². The smallest absolute Gasteiger partial charge is 0.407 e. The molecule has 1 heterocycles. The fourth-order valence-electron chi connectivity index (χ4n) is 6.92. The second-order valence-electron chi connectivity index (χ2n) is 13.4. The molecule has 1 aliphatic heterocycles. The fourth-order valence-corrected chi connectivity index (χ4v) is 8.37. The average molecular weight is 697 g/mol. The van der Waals surface area contributed by atoms with Crippen LogP contribution in [0.1, 0.15) is 58.7 Å². The van der Waals surface area contributed by atoms with Crippen LogP contribution in [0.4, 0.5) is 10.5 Å². The van der Waals surface area contributed by atoms with Crippen molar-refractivity contribution in [2.45, 2.75) is 69.9 Å². The van der Waals surface area contributed by atoms with E-state index < -0.39 is 33.7 Å². The number of carbonyl (C=O) groups is 2. The average Bonchev–Trinajstić information content (AvgIpc) is 3.57. The number of amides is 1. The molecule has 6 rings (SSSR count). The summed E-state index contributed by atoms with van der Waals surface area (Å²) in [6, 6.07) is 21.2. The summed E-state index contributed by atoms with van der Waals surface area (Å²) in [5, 5.41) is 15.1. The number of ether oxygens (including phenoxy) is 2. The number of carboxylic acids is 1. The molecule has 50 heavy (non-hydrogen) atoms.